The van der Waals surface area contributed by atoms with E-state index in [-0.39, 0.29) is 0 Å². The zero-order chi connectivity index (χ0) is 4.24. The normalized spacial score (nSPS) is 25.3. The van der Waals surface area contributed by atoms with Crippen LogP contribution >= 0.6 is 20.7 Å². The Bertz CT molecular complexity index is 24.3. The van der Waals surface area contributed by atoms with Crippen LogP contribution in [0.25, 0.3) is 0 Å². The summed E-state index contributed by atoms with van der Waals surface area (Å²) in [5, 5.41) is 0. The van der Waals surface area contributed by atoms with Gasteiger partial charge in [-0.1, -0.05) is 0 Å². The minimum absolute atomic E-state index is 0.594. The van der Waals surface area contributed by atoms with Gasteiger partial charge in [0.05, 0.1) is 0 Å². The van der Waals surface area contributed by atoms with E-state index in [0.29, 0.717) is 19.8 Å². The van der Waals surface area contributed by atoms with Gasteiger partial charge < -0.3 is 0 Å². The molecule has 0 aliphatic carbocycles. The Kier molecular flexibility index (Phi) is 3.19. The van der Waals surface area contributed by atoms with Gasteiger partial charge in [-0.25, -0.2) is 0 Å². The van der Waals surface area contributed by atoms with Gasteiger partial charge in [0.1, 0.15) is 0 Å². The molecule has 1 aliphatic rings. The molecule has 1 heterocycles. The molecule has 0 saturated carbocycles. The van der Waals surface area contributed by atoms with Crippen molar-refractivity contribution in [3.8, 4) is 0 Å². The fourth-order valence-electron chi connectivity index (χ4n) is 0.263. The van der Waals surface area contributed by atoms with Gasteiger partial charge in [0.25, 0.3) is 0 Å². The third kappa shape index (κ3) is 1.93. The molecule has 6 heavy (non-hydrogen) atoms. The van der Waals surface area contributed by atoms with Gasteiger partial charge in [0, 0.05) is 0 Å². The van der Waals surface area contributed by atoms with Crippen LogP contribution < -0.4 is 19.8 Å². The molecule has 0 aromatic rings. The molecule has 38 valence electrons. The van der Waals surface area contributed by atoms with E-state index >= 15 is 0 Å². The van der Waals surface area contributed by atoms with E-state index in [1.54, 1.807) is 0 Å². The van der Waals surface area contributed by atoms with Gasteiger partial charge in [-0.05, 0) is 0 Å². The summed E-state index contributed by atoms with van der Waals surface area (Å²) in [6.45, 7) is 0. The molecule has 0 N–H and O–H groups in total. The van der Waals surface area contributed by atoms with Crippen molar-refractivity contribution in [2.45, 2.75) is 0 Å². The van der Waals surface area contributed by atoms with Crippen LogP contribution in [0.2, 0.25) is 0 Å². The van der Waals surface area contributed by atoms with Crippen molar-refractivity contribution in [3.63, 3.8) is 0 Å². The zero-order valence-corrected chi connectivity index (χ0v) is 7.11. The first-order chi connectivity index (χ1) is 3.00. The van der Waals surface area contributed by atoms with Gasteiger partial charge in [-0.15, -0.1) is 0 Å². The van der Waals surface area contributed by atoms with Crippen molar-refractivity contribution in [3.05, 3.63) is 0 Å². The standard InChI is InChI=1S/C3H6IS2/c1-2-6-4-3-5-1/h1-3H2/q-1. The minimum atomic E-state index is 0.594. The van der Waals surface area contributed by atoms with E-state index in [2.05, 4.69) is 20.7 Å². The monoisotopic (exact) mass is 233 g/mol. The molecule has 0 radical (unpaired) electrons. The van der Waals surface area contributed by atoms with Crippen molar-refractivity contribution in [1.82, 2.24) is 0 Å². The Morgan fingerprint density at radius 3 is 2.50 bits per heavy atom. The van der Waals surface area contributed by atoms with Crippen molar-refractivity contribution < 1.29 is 19.8 Å². The van der Waals surface area contributed by atoms with Gasteiger partial charge in [0.2, 0.25) is 0 Å². The maximum absolute atomic E-state index is 2.18. The van der Waals surface area contributed by atoms with E-state index in [9.17, 15) is 0 Å². The van der Waals surface area contributed by atoms with Crippen molar-refractivity contribution in [1.29, 1.82) is 0 Å². The van der Waals surface area contributed by atoms with Crippen LogP contribution in [-0.4, -0.2) is 15.3 Å². The molecule has 0 aromatic carbocycles. The molecule has 0 amide bonds. The van der Waals surface area contributed by atoms with Crippen LogP contribution in [0.15, 0.2) is 0 Å². The molecule has 1 rings (SSSR count). The first-order valence-electron chi connectivity index (χ1n) is 1.79. The topological polar surface area (TPSA) is 0 Å². The number of hydrogen-bond acceptors (Lipinski definition) is 2. The Labute approximate surface area is 55.5 Å². The molecule has 3 heteroatoms. The summed E-state index contributed by atoms with van der Waals surface area (Å²) in [5.74, 6) is 2.84. The van der Waals surface area contributed by atoms with Crippen LogP contribution in [0.1, 0.15) is 0 Å². The Morgan fingerprint density at radius 2 is 2.33 bits per heavy atom. The van der Waals surface area contributed by atoms with Crippen LogP contribution in [0.3, 0.4) is 0 Å². The Morgan fingerprint density at radius 1 is 1.33 bits per heavy atom. The SMILES string of the molecule is C1CS[I-]CS1. The summed E-state index contributed by atoms with van der Waals surface area (Å²) in [6.07, 6.45) is 0. The molecule has 0 aromatic heterocycles. The molecule has 1 saturated heterocycles. The molecule has 0 bridgehead atoms. The average Bonchev–Trinajstić information content (AvgIpc) is 1.72. The first kappa shape index (κ1) is 5.56. The third-order valence-electron chi connectivity index (χ3n) is 0.504. The van der Waals surface area contributed by atoms with Gasteiger partial charge in [-0.2, -0.15) is 0 Å². The summed E-state index contributed by atoms with van der Waals surface area (Å²) in [7, 11) is 2.18. The van der Waals surface area contributed by atoms with E-state index < -0.39 is 0 Å². The van der Waals surface area contributed by atoms with Crippen molar-refractivity contribution in [2.24, 2.45) is 0 Å². The summed E-state index contributed by atoms with van der Waals surface area (Å²) in [6, 6.07) is 0. The summed E-state index contributed by atoms with van der Waals surface area (Å²) in [5.41, 5.74) is 0. The molecule has 0 atom stereocenters. The molecular weight excluding hydrogens is 227 g/mol. The predicted molar refractivity (Wildman–Crippen MR) is 29.8 cm³/mol. The molecule has 0 spiro atoms. The van der Waals surface area contributed by atoms with Crippen LogP contribution in [0.5, 0.6) is 0 Å². The van der Waals surface area contributed by atoms with E-state index in [4.69, 9.17) is 0 Å². The fraction of sp³-hybridized carbons (Fsp3) is 1.00. The third-order valence-corrected chi connectivity index (χ3v) is 8.53. The Hall–Kier alpha value is 1.43. The zero-order valence-electron chi connectivity index (χ0n) is 3.32. The summed E-state index contributed by atoms with van der Waals surface area (Å²) >= 11 is 2.72. The van der Waals surface area contributed by atoms with Gasteiger partial charge in [-0.3, -0.25) is 0 Å². The number of halogens is 1. The second-order valence-corrected chi connectivity index (χ2v) is 8.42. The first-order valence-corrected chi connectivity index (χ1v) is 8.00. The number of thioether (sulfide) groups is 1. The Balaban J connectivity index is 2.00. The number of rotatable bonds is 0. The van der Waals surface area contributed by atoms with Crippen molar-refractivity contribution in [2.75, 3.05) is 15.3 Å². The van der Waals surface area contributed by atoms with Crippen LogP contribution in [0.4, 0.5) is 0 Å². The van der Waals surface area contributed by atoms with Crippen molar-refractivity contribution >= 4 is 20.7 Å². The number of alkyl halides is 1. The van der Waals surface area contributed by atoms with E-state index in [1.165, 1.54) is 15.3 Å². The van der Waals surface area contributed by atoms with Gasteiger partial charge >= 0.3 is 55.8 Å². The quantitative estimate of drug-likeness (QED) is 0.366. The average molecular weight is 233 g/mol. The fourth-order valence-corrected chi connectivity index (χ4v) is 8.43. The molecule has 1 fully saturated rings. The predicted octanol–water partition coefficient (Wildman–Crippen LogP) is -1.57. The molecule has 0 unspecified atom stereocenters. The summed E-state index contributed by atoms with van der Waals surface area (Å²) < 4.78 is 1.49. The van der Waals surface area contributed by atoms with E-state index in [0.717, 1.165) is 0 Å². The molecule has 0 nitrogen and oxygen atoms in total. The van der Waals surface area contributed by atoms with Crippen LogP contribution in [-0.2, 0) is 0 Å². The second kappa shape index (κ2) is 3.43. The van der Waals surface area contributed by atoms with E-state index in [1.807, 2.05) is 0 Å². The molecule has 1 aliphatic heterocycles. The molecular formula is C3H6IS2-. The maximum atomic E-state index is 2.18. The summed E-state index contributed by atoms with van der Waals surface area (Å²) in [4.78, 5) is 0. The van der Waals surface area contributed by atoms with Gasteiger partial charge in [0.15, 0.2) is 0 Å². The second-order valence-electron chi connectivity index (χ2n) is 0.940. The number of hydrogen-bond donors (Lipinski definition) is 0. The van der Waals surface area contributed by atoms with Crippen LogP contribution in [0, 0.1) is 0 Å².